The first-order valence-electron chi connectivity index (χ1n) is 9.42. The number of likely N-dealkylation sites (tertiary alicyclic amines) is 1. The third-order valence-electron chi connectivity index (χ3n) is 6.33. The number of ether oxygens (including phenoxy) is 1. The molecule has 2 aromatic rings. The second-order valence-corrected chi connectivity index (χ2v) is 7.69. The third kappa shape index (κ3) is 3.25. The molecule has 132 valence electrons. The van der Waals surface area contributed by atoms with Crippen LogP contribution in [0.5, 0.6) is 5.75 Å². The molecule has 25 heavy (non-hydrogen) atoms. The molecule has 2 N–H and O–H groups in total. The van der Waals surface area contributed by atoms with Gasteiger partial charge in [-0.25, -0.2) is 0 Å². The van der Waals surface area contributed by atoms with Gasteiger partial charge in [0, 0.05) is 18.3 Å². The molecule has 2 bridgehead atoms. The Balaban J connectivity index is 1.42. The molecule has 1 aliphatic carbocycles. The molecule has 0 radical (unpaired) electrons. The molecule has 2 aromatic carbocycles. The summed E-state index contributed by atoms with van der Waals surface area (Å²) in [5, 5.41) is 0. The smallest absolute Gasteiger partial charge is 0.119 e. The first kappa shape index (κ1) is 16.5. The summed E-state index contributed by atoms with van der Waals surface area (Å²) in [7, 11) is 1.76. The van der Waals surface area contributed by atoms with Crippen LogP contribution in [-0.2, 0) is 11.8 Å². The number of nitrogens with zero attached hydrogens (tertiary/aromatic N) is 1. The van der Waals surface area contributed by atoms with E-state index in [0.717, 1.165) is 30.4 Å². The zero-order valence-corrected chi connectivity index (χ0v) is 15.1. The molecule has 1 saturated heterocycles. The highest BCUT2D eigenvalue weighted by atomic mass is 16.5. The number of methoxy groups -OCH3 is 1. The van der Waals surface area contributed by atoms with E-state index in [-0.39, 0.29) is 0 Å². The molecule has 0 spiro atoms. The van der Waals surface area contributed by atoms with Crippen LogP contribution < -0.4 is 10.5 Å². The predicted octanol–water partition coefficient (Wildman–Crippen LogP) is 4.02. The van der Waals surface area contributed by atoms with Gasteiger partial charge in [-0.05, 0) is 79.5 Å². The van der Waals surface area contributed by atoms with Crippen molar-refractivity contribution in [1.82, 2.24) is 4.90 Å². The zero-order valence-electron chi connectivity index (χ0n) is 15.1. The molecule has 2 unspecified atom stereocenters. The van der Waals surface area contributed by atoms with Crippen LogP contribution in [0.2, 0.25) is 0 Å². The summed E-state index contributed by atoms with van der Waals surface area (Å²) < 4.78 is 5.45. The maximum Gasteiger partial charge on any atom is 0.119 e. The number of hydrogen-bond acceptors (Lipinski definition) is 3. The van der Waals surface area contributed by atoms with Crippen molar-refractivity contribution >= 4 is 5.69 Å². The number of anilines is 1. The van der Waals surface area contributed by atoms with Crippen LogP contribution in [0.15, 0.2) is 48.5 Å². The molecule has 1 saturated carbocycles. The van der Waals surface area contributed by atoms with E-state index in [1.54, 1.807) is 7.11 Å². The second-order valence-electron chi connectivity index (χ2n) is 7.69. The van der Waals surface area contributed by atoms with E-state index in [9.17, 15) is 0 Å². The molecule has 1 heterocycles. The zero-order chi connectivity index (χ0) is 17.3. The van der Waals surface area contributed by atoms with Crippen molar-refractivity contribution < 1.29 is 4.74 Å². The van der Waals surface area contributed by atoms with E-state index in [0.29, 0.717) is 5.41 Å². The minimum atomic E-state index is 0.372. The monoisotopic (exact) mass is 336 g/mol. The van der Waals surface area contributed by atoms with Crippen molar-refractivity contribution in [2.45, 2.75) is 43.6 Å². The Morgan fingerprint density at radius 3 is 2.80 bits per heavy atom. The van der Waals surface area contributed by atoms with Crippen LogP contribution in [0.4, 0.5) is 5.69 Å². The third-order valence-corrected chi connectivity index (χ3v) is 6.33. The molecule has 4 rings (SSSR count). The number of hydrogen-bond donors (Lipinski definition) is 1. The summed E-state index contributed by atoms with van der Waals surface area (Å²) in [4.78, 5) is 2.71. The minimum Gasteiger partial charge on any atom is -0.497 e. The van der Waals surface area contributed by atoms with Crippen LogP contribution in [0.1, 0.15) is 36.8 Å². The average Bonchev–Trinajstić information content (AvgIpc) is 3.01. The molecule has 0 amide bonds. The van der Waals surface area contributed by atoms with E-state index in [2.05, 4.69) is 35.2 Å². The molecule has 2 atom stereocenters. The summed E-state index contributed by atoms with van der Waals surface area (Å²) in [6, 6.07) is 17.8. The summed E-state index contributed by atoms with van der Waals surface area (Å²) >= 11 is 0. The fourth-order valence-electron chi connectivity index (χ4n) is 4.79. The van der Waals surface area contributed by atoms with Gasteiger partial charge in [0.2, 0.25) is 0 Å². The lowest BCUT2D eigenvalue weighted by atomic mass is 9.74. The number of nitrogen functional groups attached to an aromatic ring is 1. The number of piperidine rings is 1. The fourth-order valence-corrected chi connectivity index (χ4v) is 4.79. The van der Waals surface area contributed by atoms with Crippen molar-refractivity contribution in [3.05, 3.63) is 59.7 Å². The van der Waals surface area contributed by atoms with Crippen LogP contribution in [0, 0.1) is 0 Å². The summed E-state index contributed by atoms with van der Waals surface area (Å²) in [5.41, 5.74) is 9.87. The summed E-state index contributed by atoms with van der Waals surface area (Å²) in [6.45, 7) is 2.36. The maximum atomic E-state index is 5.79. The van der Waals surface area contributed by atoms with Gasteiger partial charge >= 0.3 is 0 Å². The van der Waals surface area contributed by atoms with Crippen LogP contribution in [0.3, 0.4) is 0 Å². The van der Waals surface area contributed by atoms with E-state index in [1.807, 2.05) is 18.2 Å². The van der Waals surface area contributed by atoms with E-state index in [1.165, 1.54) is 43.4 Å². The SMILES string of the molecule is COc1cccc(C23CCC(C2)N(CCc2ccc(N)cc2)CC3)c1. The van der Waals surface area contributed by atoms with Crippen LogP contribution >= 0.6 is 0 Å². The lowest BCUT2D eigenvalue weighted by molar-refractivity contribution is 0.142. The van der Waals surface area contributed by atoms with E-state index in [4.69, 9.17) is 10.5 Å². The highest BCUT2D eigenvalue weighted by Gasteiger charge is 2.46. The largest absolute Gasteiger partial charge is 0.497 e. The van der Waals surface area contributed by atoms with Gasteiger partial charge in [-0.15, -0.1) is 0 Å². The molecule has 3 nitrogen and oxygen atoms in total. The Labute approximate surface area is 150 Å². The van der Waals surface area contributed by atoms with Crippen LogP contribution in [-0.4, -0.2) is 31.1 Å². The van der Waals surface area contributed by atoms with Gasteiger partial charge in [-0.3, -0.25) is 4.90 Å². The molecule has 2 aliphatic rings. The molecule has 1 aliphatic heterocycles. The number of nitrogens with two attached hydrogens (primary N) is 1. The first-order chi connectivity index (χ1) is 12.2. The molecular formula is C22H28N2O. The highest BCUT2D eigenvalue weighted by Crippen LogP contribution is 2.49. The second kappa shape index (κ2) is 6.72. The fraction of sp³-hybridized carbons (Fsp3) is 0.455. The lowest BCUT2D eigenvalue weighted by Gasteiger charge is -2.40. The first-order valence-corrected chi connectivity index (χ1v) is 9.42. The summed E-state index contributed by atoms with van der Waals surface area (Å²) in [5.74, 6) is 0.987. The van der Waals surface area contributed by atoms with Gasteiger partial charge in [0.15, 0.2) is 0 Å². The quantitative estimate of drug-likeness (QED) is 0.838. The molecule has 2 fully saturated rings. The topological polar surface area (TPSA) is 38.5 Å². The van der Waals surface area contributed by atoms with Gasteiger partial charge in [-0.2, -0.15) is 0 Å². The Bertz CT molecular complexity index is 727. The van der Waals surface area contributed by atoms with Gasteiger partial charge in [0.1, 0.15) is 5.75 Å². The van der Waals surface area contributed by atoms with Crippen LogP contribution in [0.25, 0.3) is 0 Å². The summed E-state index contributed by atoms with van der Waals surface area (Å²) in [6.07, 6.45) is 6.30. The predicted molar refractivity (Wildman–Crippen MR) is 103 cm³/mol. The van der Waals surface area contributed by atoms with Crippen molar-refractivity contribution in [2.24, 2.45) is 0 Å². The number of rotatable bonds is 5. The maximum absolute atomic E-state index is 5.79. The van der Waals surface area contributed by atoms with Crippen molar-refractivity contribution in [3.63, 3.8) is 0 Å². The molecule has 3 heteroatoms. The minimum absolute atomic E-state index is 0.372. The molecule has 0 aromatic heterocycles. The molecular weight excluding hydrogens is 308 g/mol. The van der Waals surface area contributed by atoms with E-state index < -0.39 is 0 Å². The number of fused-ring (bicyclic) bond motifs is 2. The van der Waals surface area contributed by atoms with Crippen molar-refractivity contribution in [2.75, 3.05) is 25.9 Å². The Kier molecular flexibility index (Phi) is 4.43. The van der Waals surface area contributed by atoms with E-state index >= 15 is 0 Å². The van der Waals surface area contributed by atoms with Gasteiger partial charge < -0.3 is 10.5 Å². The number of benzene rings is 2. The average molecular weight is 336 g/mol. The normalized spacial score (nSPS) is 25.9. The van der Waals surface area contributed by atoms with Gasteiger partial charge in [0.05, 0.1) is 7.11 Å². The Morgan fingerprint density at radius 2 is 2.00 bits per heavy atom. The van der Waals surface area contributed by atoms with Gasteiger partial charge in [-0.1, -0.05) is 24.3 Å². The standard InChI is InChI=1S/C22H28N2O/c1-25-21-4-2-3-18(15-21)22-11-9-20(16-22)24(14-12-22)13-10-17-5-7-19(23)8-6-17/h2-8,15,20H,9-14,16,23H2,1H3. The Hall–Kier alpha value is -2.00. The van der Waals surface area contributed by atoms with Crippen molar-refractivity contribution in [3.8, 4) is 5.75 Å². The Morgan fingerprint density at radius 1 is 1.16 bits per heavy atom. The van der Waals surface area contributed by atoms with Gasteiger partial charge in [0.25, 0.3) is 0 Å². The van der Waals surface area contributed by atoms with Crippen molar-refractivity contribution in [1.29, 1.82) is 0 Å². The highest BCUT2D eigenvalue weighted by molar-refractivity contribution is 5.39. The lowest BCUT2D eigenvalue weighted by Crippen LogP contribution is -2.44.